The van der Waals surface area contributed by atoms with Crippen molar-refractivity contribution in [3.63, 3.8) is 0 Å². The van der Waals surface area contributed by atoms with Crippen LogP contribution in [0, 0.1) is 0 Å². The van der Waals surface area contributed by atoms with Gasteiger partial charge in [-0.25, -0.2) is 4.98 Å². The van der Waals surface area contributed by atoms with Crippen LogP contribution in [0.4, 0.5) is 18.9 Å². The monoisotopic (exact) mass is 476 g/mol. The van der Waals surface area contributed by atoms with Crippen molar-refractivity contribution in [2.45, 2.75) is 6.18 Å². The molecule has 29 heavy (non-hydrogen) atoms. The maximum absolute atomic E-state index is 13.0. The molecule has 4 aromatic rings. The third kappa shape index (κ3) is 4.18. The van der Waals surface area contributed by atoms with Crippen LogP contribution in [0.1, 0.15) is 15.9 Å². The number of nitrogens with zero attached hydrogens (tertiary/aromatic N) is 1. The molecule has 0 radical (unpaired) electrons. The number of halogens is 4. The fourth-order valence-corrected chi connectivity index (χ4v) is 4.26. The lowest BCUT2D eigenvalue weighted by atomic mass is 10.1. The van der Waals surface area contributed by atoms with E-state index >= 15 is 0 Å². The van der Waals surface area contributed by atoms with E-state index in [1.54, 1.807) is 24.3 Å². The molecule has 2 aromatic heterocycles. The van der Waals surface area contributed by atoms with Gasteiger partial charge in [-0.2, -0.15) is 13.2 Å². The first-order valence-electron chi connectivity index (χ1n) is 8.45. The number of benzene rings is 2. The minimum absolute atomic E-state index is 0.0751. The van der Waals surface area contributed by atoms with Gasteiger partial charge in [-0.3, -0.25) is 4.79 Å². The van der Waals surface area contributed by atoms with Crippen molar-refractivity contribution in [3.8, 4) is 10.6 Å². The van der Waals surface area contributed by atoms with Gasteiger partial charge >= 0.3 is 6.18 Å². The van der Waals surface area contributed by atoms with Crippen molar-refractivity contribution in [2.75, 3.05) is 5.32 Å². The molecule has 0 fully saturated rings. The Morgan fingerprint density at radius 3 is 2.52 bits per heavy atom. The molecule has 0 saturated carbocycles. The number of amides is 1. The number of carbonyl (C=O) groups excluding carboxylic acids is 1. The molecule has 0 aliphatic carbocycles. The number of thiophene rings is 1. The molecule has 2 aromatic carbocycles. The minimum atomic E-state index is -4.48. The summed E-state index contributed by atoms with van der Waals surface area (Å²) in [7, 11) is 0. The Labute approximate surface area is 176 Å². The Hall–Kier alpha value is -2.71. The number of para-hydroxylation sites is 1. The summed E-state index contributed by atoms with van der Waals surface area (Å²) in [5.41, 5.74) is 0.843. The summed E-state index contributed by atoms with van der Waals surface area (Å²) in [4.78, 5) is 18.4. The van der Waals surface area contributed by atoms with E-state index in [4.69, 9.17) is 0 Å². The van der Waals surface area contributed by atoms with E-state index in [0.29, 0.717) is 22.2 Å². The molecule has 0 aliphatic heterocycles. The molecule has 0 saturated heterocycles. The maximum atomic E-state index is 13.0. The van der Waals surface area contributed by atoms with Gasteiger partial charge in [-0.15, -0.1) is 11.3 Å². The molecule has 4 rings (SSSR count). The number of anilines is 1. The summed E-state index contributed by atoms with van der Waals surface area (Å²) in [6, 6.07) is 17.2. The fraction of sp³-hybridized carbons (Fsp3) is 0.0476. The van der Waals surface area contributed by atoms with Gasteiger partial charge in [0.1, 0.15) is 0 Å². The summed E-state index contributed by atoms with van der Waals surface area (Å²) >= 11 is 4.89. The maximum Gasteiger partial charge on any atom is 0.416 e. The molecule has 3 nitrogen and oxygen atoms in total. The number of pyridine rings is 1. The number of carbonyl (C=O) groups is 1. The van der Waals surface area contributed by atoms with E-state index in [9.17, 15) is 18.0 Å². The van der Waals surface area contributed by atoms with Crippen LogP contribution in [0.25, 0.3) is 21.5 Å². The number of nitrogens with one attached hydrogen (secondary N) is 1. The number of hydrogen-bond donors (Lipinski definition) is 1. The van der Waals surface area contributed by atoms with Crippen LogP contribution in [0.5, 0.6) is 0 Å². The third-order valence-corrected chi connectivity index (χ3v) is 5.88. The van der Waals surface area contributed by atoms with Crippen LogP contribution < -0.4 is 5.32 Å². The number of hydrogen-bond acceptors (Lipinski definition) is 3. The molecule has 2 heterocycles. The van der Waals surface area contributed by atoms with Crippen LogP contribution in [0.2, 0.25) is 0 Å². The zero-order valence-corrected chi connectivity index (χ0v) is 17.0. The van der Waals surface area contributed by atoms with Crippen molar-refractivity contribution >= 4 is 49.8 Å². The van der Waals surface area contributed by atoms with Gasteiger partial charge in [0.15, 0.2) is 0 Å². The van der Waals surface area contributed by atoms with E-state index in [2.05, 4.69) is 26.2 Å². The Morgan fingerprint density at radius 1 is 1.00 bits per heavy atom. The second-order valence-corrected chi connectivity index (χ2v) is 8.67. The van der Waals surface area contributed by atoms with Crippen molar-refractivity contribution in [2.24, 2.45) is 0 Å². The lowest BCUT2D eigenvalue weighted by Gasteiger charge is -2.12. The smallest absolute Gasteiger partial charge is 0.322 e. The molecule has 0 unspecified atom stereocenters. The number of rotatable bonds is 3. The molecule has 0 bridgehead atoms. The number of aromatic nitrogens is 1. The summed E-state index contributed by atoms with van der Waals surface area (Å²) in [6.07, 6.45) is -4.48. The number of alkyl halides is 3. The first-order valence-corrected chi connectivity index (χ1v) is 10.1. The third-order valence-electron chi connectivity index (χ3n) is 4.23. The van der Waals surface area contributed by atoms with E-state index in [1.807, 2.05) is 18.2 Å². The first-order chi connectivity index (χ1) is 13.8. The predicted molar refractivity (Wildman–Crippen MR) is 112 cm³/mol. The SMILES string of the molecule is O=C(Nc1cccc(C(F)(F)F)c1)c1cc(-c2ccc(Br)s2)nc2ccccc12. The molecular formula is C21H12BrF3N2OS. The fourth-order valence-electron chi connectivity index (χ4n) is 2.91. The predicted octanol–water partition coefficient (Wildman–Crippen LogP) is 7.00. The Morgan fingerprint density at radius 2 is 1.79 bits per heavy atom. The topological polar surface area (TPSA) is 42.0 Å². The zero-order valence-electron chi connectivity index (χ0n) is 14.6. The second-order valence-electron chi connectivity index (χ2n) is 6.21. The van der Waals surface area contributed by atoms with E-state index in [0.717, 1.165) is 20.8 Å². The van der Waals surface area contributed by atoms with Gasteiger partial charge in [0, 0.05) is 11.1 Å². The van der Waals surface area contributed by atoms with E-state index in [-0.39, 0.29) is 5.69 Å². The lowest BCUT2D eigenvalue weighted by Crippen LogP contribution is -2.14. The van der Waals surface area contributed by atoms with E-state index < -0.39 is 17.6 Å². The zero-order chi connectivity index (χ0) is 20.6. The molecule has 0 aliphatic rings. The van der Waals surface area contributed by atoms with Crippen LogP contribution in [0.3, 0.4) is 0 Å². The first kappa shape index (κ1) is 19.6. The van der Waals surface area contributed by atoms with Gasteiger partial charge in [0.05, 0.1) is 31.0 Å². The molecular weight excluding hydrogens is 465 g/mol. The van der Waals surface area contributed by atoms with Crippen LogP contribution >= 0.6 is 27.3 Å². The summed E-state index contributed by atoms with van der Waals surface area (Å²) in [6.45, 7) is 0. The average molecular weight is 477 g/mol. The molecule has 0 spiro atoms. The number of fused-ring (bicyclic) bond motifs is 1. The second kappa shape index (κ2) is 7.61. The quantitative estimate of drug-likeness (QED) is 0.345. The van der Waals surface area contributed by atoms with Crippen LogP contribution in [0.15, 0.2) is 70.5 Å². The minimum Gasteiger partial charge on any atom is -0.322 e. The van der Waals surface area contributed by atoms with Gasteiger partial charge in [-0.05, 0) is 58.4 Å². The van der Waals surface area contributed by atoms with Crippen molar-refractivity contribution in [3.05, 3.63) is 81.6 Å². The van der Waals surface area contributed by atoms with Crippen LogP contribution in [-0.4, -0.2) is 10.9 Å². The highest BCUT2D eigenvalue weighted by Gasteiger charge is 2.30. The van der Waals surface area contributed by atoms with Crippen LogP contribution in [-0.2, 0) is 6.18 Å². The van der Waals surface area contributed by atoms with Gasteiger partial charge in [0.25, 0.3) is 5.91 Å². The van der Waals surface area contributed by atoms with Gasteiger partial charge in [0.2, 0.25) is 0 Å². The Balaban J connectivity index is 1.76. The largest absolute Gasteiger partial charge is 0.416 e. The lowest BCUT2D eigenvalue weighted by molar-refractivity contribution is -0.137. The highest BCUT2D eigenvalue weighted by molar-refractivity contribution is 9.11. The molecule has 8 heteroatoms. The Kier molecular flexibility index (Phi) is 5.14. The highest BCUT2D eigenvalue weighted by atomic mass is 79.9. The standard InChI is InChI=1S/C21H12BrF3N2OS/c22-19-9-8-18(29-19)17-11-15(14-6-1-2-7-16(14)27-17)20(28)26-13-5-3-4-12(10-13)21(23,24)25/h1-11H,(H,26,28). The van der Waals surface area contributed by atoms with Crippen molar-refractivity contribution < 1.29 is 18.0 Å². The Bertz CT molecular complexity index is 1220. The van der Waals surface area contributed by atoms with Gasteiger partial charge < -0.3 is 5.32 Å². The highest BCUT2D eigenvalue weighted by Crippen LogP contribution is 2.33. The molecule has 0 atom stereocenters. The van der Waals surface area contributed by atoms with Crippen molar-refractivity contribution in [1.82, 2.24) is 4.98 Å². The molecule has 1 N–H and O–H groups in total. The van der Waals surface area contributed by atoms with Gasteiger partial charge in [-0.1, -0.05) is 24.3 Å². The normalized spacial score (nSPS) is 11.6. The molecule has 1 amide bonds. The average Bonchev–Trinajstić information content (AvgIpc) is 3.13. The summed E-state index contributed by atoms with van der Waals surface area (Å²) < 4.78 is 39.8. The molecule has 146 valence electrons. The van der Waals surface area contributed by atoms with E-state index in [1.165, 1.54) is 23.5 Å². The summed E-state index contributed by atoms with van der Waals surface area (Å²) in [5.74, 6) is -0.500. The summed E-state index contributed by atoms with van der Waals surface area (Å²) in [5, 5.41) is 3.20. The van der Waals surface area contributed by atoms with Crippen molar-refractivity contribution in [1.29, 1.82) is 0 Å².